The second-order valence-corrected chi connectivity index (χ2v) is 3.17. The smallest absolute Gasteiger partial charge is 0.409 e. The van der Waals surface area contributed by atoms with Crippen molar-refractivity contribution in [3.8, 4) is 0 Å². The lowest BCUT2D eigenvalue weighted by atomic mass is 10.1. The number of hydrogen-bond acceptors (Lipinski definition) is 3. The van der Waals surface area contributed by atoms with Gasteiger partial charge >= 0.3 is 6.09 Å². The Labute approximate surface area is 86.4 Å². The Morgan fingerprint density at radius 2 is 2.08 bits per heavy atom. The molecule has 1 atom stereocenters. The molecular formula is C8H14BrNO3. The quantitative estimate of drug-likeness (QED) is 0.711. The van der Waals surface area contributed by atoms with Gasteiger partial charge in [0.15, 0.2) is 5.78 Å². The zero-order valence-corrected chi connectivity index (χ0v) is 9.63. The number of rotatable bonds is 4. The Balaban J connectivity index is 4.39. The number of halogens is 1. The van der Waals surface area contributed by atoms with Crippen LogP contribution in [0.1, 0.15) is 13.3 Å². The van der Waals surface area contributed by atoms with E-state index in [9.17, 15) is 9.59 Å². The molecule has 0 aliphatic heterocycles. The molecule has 0 bridgehead atoms. The fraction of sp³-hybridized carbons (Fsp3) is 0.750. The summed E-state index contributed by atoms with van der Waals surface area (Å²) in [5.41, 5.74) is 0. The molecule has 13 heavy (non-hydrogen) atoms. The van der Waals surface area contributed by atoms with Crippen molar-refractivity contribution in [2.75, 3.05) is 19.5 Å². The molecule has 0 saturated heterocycles. The van der Waals surface area contributed by atoms with E-state index in [1.165, 1.54) is 12.0 Å². The maximum atomic E-state index is 11.3. The van der Waals surface area contributed by atoms with Crippen LogP contribution in [0, 0.1) is 0 Å². The molecule has 76 valence electrons. The van der Waals surface area contributed by atoms with Crippen LogP contribution in [-0.2, 0) is 9.53 Å². The lowest BCUT2D eigenvalue weighted by Crippen LogP contribution is -2.42. The van der Waals surface area contributed by atoms with Crippen LogP contribution in [0.15, 0.2) is 0 Å². The summed E-state index contributed by atoms with van der Waals surface area (Å²) in [5.74, 6) is -0.0181. The highest BCUT2D eigenvalue weighted by molar-refractivity contribution is 9.09. The molecule has 1 unspecified atom stereocenters. The number of carbonyl (C=O) groups is 2. The Hall–Kier alpha value is -0.580. The normalized spacial score (nSPS) is 12.0. The number of likely N-dealkylation sites (N-methyl/N-ethyl adjacent to an activating group) is 1. The van der Waals surface area contributed by atoms with Crippen molar-refractivity contribution in [1.29, 1.82) is 0 Å². The fourth-order valence-electron chi connectivity index (χ4n) is 1.08. The second-order valence-electron chi connectivity index (χ2n) is 2.60. The SMILES string of the molecule is CCC(C(=O)CBr)N(C)C(=O)OC. The zero-order valence-electron chi connectivity index (χ0n) is 8.04. The van der Waals surface area contributed by atoms with Gasteiger partial charge in [-0.25, -0.2) is 4.79 Å². The molecule has 0 rings (SSSR count). The standard InChI is InChI=1S/C8H14BrNO3/c1-4-6(7(11)5-9)10(2)8(12)13-3/h6H,4-5H2,1-3H3. The van der Waals surface area contributed by atoms with Gasteiger partial charge < -0.3 is 9.64 Å². The first-order valence-electron chi connectivity index (χ1n) is 3.97. The molecular weight excluding hydrogens is 238 g/mol. The molecule has 0 aromatic heterocycles. The van der Waals surface area contributed by atoms with Crippen LogP contribution in [0.4, 0.5) is 4.79 Å². The molecule has 5 heteroatoms. The highest BCUT2D eigenvalue weighted by Crippen LogP contribution is 2.06. The Morgan fingerprint density at radius 1 is 1.54 bits per heavy atom. The molecule has 0 saturated carbocycles. The zero-order chi connectivity index (χ0) is 10.4. The summed E-state index contributed by atoms with van der Waals surface area (Å²) in [6.45, 7) is 1.85. The second kappa shape index (κ2) is 5.96. The molecule has 4 nitrogen and oxygen atoms in total. The number of amides is 1. The molecule has 1 amide bonds. The van der Waals surface area contributed by atoms with E-state index in [-0.39, 0.29) is 11.1 Å². The van der Waals surface area contributed by atoms with Gasteiger partial charge in [-0.1, -0.05) is 22.9 Å². The highest BCUT2D eigenvalue weighted by Gasteiger charge is 2.24. The third kappa shape index (κ3) is 3.34. The van der Waals surface area contributed by atoms with Gasteiger partial charge in [-0.2, -0.15) is 0 Å². The van der Waals surface area contributed by atoms with Gasteiger partial charge in [0.25, 0.3) is 0 Å². The molecule has 0 N–H and O–H groups in total. The number of nitrogens with zero attached hydrogens (tertiary/aromatic N) is 1. The lowest BCUT2D eigenvalue weighted by Gasteiger charge is -2.23. The molecule has 0 spiro atoms. The van der Waals surface area contributed by atoms with E-state index in [2.05, 4.69) is 20.7 Å². The first kappa shape index (κ1) is 12.4. The third-order valence-corrected chi connectivity index (χ3v) is 2.37. The fourth-order valence-corrected chi connectivity index (χ4v) is 1.45. The summed E-state index contributed by atoms with van der Waals surface area (Å²) in [7, 11) is 2.85. The number of ether oxygens (including phenoxy) is 1. The van der Waals surface area contributed by atoms with E-state index < -0.39 is 12.1 Å². The minimum Gasteiger partial charge on any atom is -0.453 e. The topological polar surface area (TPSA) is 46.6 Å². The maximum absolute atomic E-state index is 11.3. The number of methoxy groups -OCH3 is 1. The van der Waals surface area contributed by atoms with Crippen molar-refractivity contribution < 1.29 is 14.3 Å². The maximum Gasteiger partial charge on any atom is 0.409 e. The van der Waals surface area contributed by atoms with Crippen LogP contribution in [0.3, 0.4) is 0 Å². The van der Waals surface area contributed by atoms with Gasteiger partial charge in [0.2, 0.25) is 0 Å². The molecule has 0 aromatic rings. The summed E-state index contributed by atoms with van der Waals surface area (Å²) >= 11 is 3.07. The average molecular weight is 252 g/mol. The van der Waals surface area contributed by atoms with Crippen LogP contribution in [0.5, 0.6) is 0 Å². The summed E-state index contributed by atoms with van der Waals surface area (Å²) in [5, 5.41) is 0.257. The summed E-state index contributed by atoms with van der Waals surface area (Å²) < 4.78 is 4.51. The van der Waals surface area contributed by atoms with E-state index in [0.29, 0.717) is 6.42 Å². The molecule has 0 aromatic carbocycles. The monoisotopic (exact) mass is 251 g/mol. The average Bonchev–Trinajstić information content (AvgIpc) is 2.17. The van der Waals surface area contributed by atoms with Crippen LogP contribution < -0.4 is 0 Å². The van der Waals surface area contributed by atoms with E-state index in [4.69, 9.17) is 0 Å². The summed E-state index contributed by atoms with van der Waals surface area (Å²) in [6, 6.07) is -0.396. The molecule has 0 radical (unpaired) electrons. The first-order valence-corrected chi connectivity index (χ1v) is 5.10. The van der Waals surface area contributed by atoms with E-state index in [0.717, 1.165) is 0 Å². The van der Waals surface area contributed by atoms with Crippen LogP contribution in [-0.4, -0.2) is 42.3 Å². The van der Waals surface area contributed by atoms with Crippen molar-refractivity contribution in [3.05, 3.63) is 0 Å². The third-order valence-electron chi connectivity index (χ3n) is 1.82. The van der Waals surface area contributed by atoms with Gasteiger partial charge in [-0.3, -0.25) is 4.79 Å². The van der Waals surface area contributed by atoms with Gasteiger partial charge in [-0.05, 0) is 6.42 Å². The van der Waals surface area contributed by atoms with Gasteiger partial charge in [0, 0.05) is 7.05 Å². The Kier molecular flexibility index (Phi) is 5.70. The van der Waals surface area contributed by atoms with E-state index in [1.807, 2.05) is 6.92 Å². The van der Waals surface area contributed by atoms with Crippen molar-refractivity contribution in [3.63, 3.8) is 0 Å². The van der Waals surface area contributed by atoms with E-state index >= 15 is 0 Å². The number of Topliss-reactive ketones (excluding diaryl/α,β-unsaturated/α-hetero) is 1. The van der Waals surface area contributed by atoms with E-state index in [1.54, 1.807) is 7.05 Å². The molecule has 0 fully saturated rings. The van der Waals surface area contributed by atoms with Gasteiger partial charge in [0.1, 0.15) is 0 Å². The largest absolute Gasteiger partial charge is 0.453 e. The number of carbonyl (C=O) groups excluding carboxylic acids is 2. The predicted octanol–water partition coefficient (Wildman–Crippen LogP) is 1.43. The van der Waals surface area contributed by atoms with Crippen molar-refractivity contribution in [2.45, 2.75) is 19.4 Å². The van der Waals surface area contributed by atoms with Gasteiger partial charge in [0.05, 0.1) is 18.5 Å². The molecule has 0 aliphatic carbocycles. The molecule has 0 heterocycles. The van der Waals surface area contributed by atoms with Crippen molar-refractivity contribution in [1.82, 2.24) is 4.90 Å². The molecule has 0 aliphatic rings. The minimum absolute atomic E-state index is 0.0181. The summed E-state index contributed by atoms with van der Waals surface area (Å²) in [6.07, 6.45) is 0.108. The minimum atomic E-state index is -0.485. The highest BCUT2D eigenvalue weighted by atomic mass is 79.9. The van der Waals surface area contributed by atoms with Crippen molar-refractivity contribution >= 4 is 27.8 Å². The van der Waals surface area contributed by atoms with Crippen LogP contribution >= 0.6 is 15.9 Å². The van der Waals surface area contributed by atoms with Crippen LogP contribution in [0.25, 0.3) is 0 Å². The number of ketones is 1. The van der Waals surface area contributed by atoms with Crippen molar-refractivity contribution in [2.24, 2.45) is 0 Å². The summed E-state index contributed by atoms with van der Waals surface area (Å²) in [4.78, 5) is 23.7. The van der Waals surface area contributed by atoms with Crippen LogP contribution in [0.2, 0.25) is 0 Å². The predicted molar refractivity (Wildman–Crippen MR) is 53.0 cm³/mol. The Bertz CT molecular complexity index is 196. The Morgan fingerprint density at radius 3 is 2.38 bits per heavy atom. The number of hydrogen-bond donors (Lipinski definition) is 0. The van der Waals surface area contributed by atoms with Gasteiger partial charge in [-0.15, -0.1) is 0 Å². The number of alkyl halides is 1. The first-order chi connectivity index (χ1) is 6.08. The lowest BCUT2D eigenvalue weighted by molar-refractivity contribution is -0.120.